The third-order valence-electron chi connectivity index (χ3n) is 5.42. The Kier molecular flexibility index (Phi) is 5.17. The molecule has 24 heavy (non-hydrogen) atoms. The molecule has 0 radical (unpaired) electrons. The molecule has 1 saturated carbocycles. The summed E-state index contributed by atoms with van der Waals surface area (Å²) in [5.41, 5.74) is 2.79. The van der Waals surface area contributed by atoms with E-state index < -0.39 is 0 Å². The smallest absolute Gasteiger partial charge is 0.161 e. The second-order valence-corrected chi connectivity index (χ2v) is 7.38. The van der Waals surface area contributed by atoms with Crippen LogP contribution in [0.15, 0.2) is 42.2 Å². The van der Waals surface area contributed by atoms with Gasteiger partial charge >= 0.3 is 0 Å². The zero-order valence-electron chi connectivity index (χ0n) is 14.4. The van der Waals surface area contributed by atoms with Crippen molar-refractivity contribution in [3.63, 3.8) is 0 Å². The molecule has 1 aromatic carbocycles. The zero-order valence-corrected chi connectivity index (χ0v) is 14.4. The van der Waals surface area contributed by atoms with Gasteiger partial charge in [-0.05, 0) is 67.2 Å². The van der Waals surface area contributed by atoms with Crippen LogP contribution in [-0.4, -0.2) is 16.8 Å². The fraction of sp³-hybridized carbons (Fsp3) is 0.524. The molecule has 2 N–H and O–H groups in total. The Bertz CT molecular complexity index is 624. The van der Waals surface area contributed by atoms with Gasteiger partial charge in [-0.3, -0.25) is 0 Å². The van der Waals surface area contributed by atoms with Crippen LogP contribution >= 0.6 is 0 Å². The molecule has 1 aromatic rings. The minimum absolute atomic E-state index is 0.167. The largest absolute Gasteiger partial charge is 0.513 e. The van der Waals surface area contributed by atoms with Crippen molar-refractivity contribution in [1.29, 1.82) is 0 Å². The van der Waals surface area contributed by atoms with E-state index in [9.17, 15) is 5.11 Å². The maximum atomic E-state index is 10.2. The molecular formula is C21H28O3. The second kappa shape index (κ2) is 7.33. The first kappa shape index (κ1) is 16.9. The first-order valence-corrected chi connectivity index (χ1v) is 9.08. The lowest BCUT2D eigenvalue weighted by Crippen LogP contribution is -2.19. The topological polar surface area (TPSA) is 49.7 Å². The van der Waals surface area contributed by atoms with Crippen molar-refractivity contribution >= 4 is 0 Å². The molecule has 0 aliphatic heterocycles. The van der Waals surface area contributed by atoms with E-state index in [-0.39, 0.29) is 11.5 Å². The molecule has 0 amide bonds. The van der Waals surface area contributed by atoms with Crippen molar-refractivity contribution in [2.24, 2.45) is 5.41 Å². The Labute approximate surface area is 144 Å². The van der Waals surface area contributed by atoms with Crippen molar-refractivity contribution in [3.05, 3.63) is 47.7 Å². The molecule has 3 nitrogen and oxygen atoms in total. The summed E-state index contributed by atoms with van der Waals surface area (Å²) in [4.78, 5) is 0. The highest BCUT2D eigenvalue weighted by molar-refractivity contribution is 5.42. The number of aliphatic hydroxyl groups excluding tert-OH is 1. The molecule has 1 spiro atoms. The van der Waals surface area contributed by atoms with Crippen molar-refractivity contribution in [2.45, 2.75) is 57.8 Å². The predicted molar refractivity (Wildman–Crippen MR) is 96.5 cm³/mol. The Balaban J connectivity index is 1.60. The quantitative estimate of drug-likeness (QED) is 0.539. The maximum absolute atomic E-state index is 10.2. The van der Waals surface area contributed by atoms with E-state index in [1.54, 1.807) is 6.07 Å². The molecule has 0 unspecified atom stereocenters. The van der Waals surface area contributed by atoms with Gasteiger partial charge in [0.15, 0.2) is 11.5 Å². The number of ether oxygens (including phenoxy) is 1. The van der Waals surface area contributed by atoms with Crippen molar-refractivity contribution < 1.29 is 14.9 Å². The number of phenolic OH excluding ortho intramolecular Hbond substituents is 1. The van der Waals surface area contributed by atoms with Gasteiger partial charge in [-0.1, -0.05) is 31.6 Å². The molecule has 3 heteroatoms. The van der Waals surface area contributed by atoms with E-state index in [1.165, 1.54) is 44.1 Å². The van der Waals surface area contributed by atoms with E-state index in [2.05, 4.69) is 12.7 Å². The van der Waals surface area contributed by atoms with Gasteiger partial charge in [0.05, 0.1) is 5.76 Å². The summed E-state index contributed by atoms with van der Waals surface area (Å²) < 4.78 is 5.87. The van der Waals surface area contributed by atoms with Crippen LogP contribution in [0, 0.1) is 5.41 Å². The van der Waals surface area contributed by atoms with Crippen LogP contribution in [0.4, 0.5) is 0 Å². The summed E-state index contributed by atoms with van der Waals surface area (Å²) >= 11 is 0. The summed E-state index contributed by atoms with van der Waals surface area (Å²) in [6.45, 7) is 4.06. The molecule has 0 aromatic heterocycles. The van der Waals surface area contributed by atoms with E-state index in [0.29, 0.717) is 30.6 Å². The Hall–Kier alpha value is -1.90. The van der Waals surface area contributed by atoms with Gasteiger partial charge in [0, 0.05) is 6.42 Å². The van der Waals surface area contributed by atoms with Crippen molar-refractivity contribution in [1.82, 2.24) is 0 Å². The molecule has 0 heterocycles. The van der Waals surface area contributed by atoms with Gasteiger partial charge in [0.2, 0.25) is 0 Å². The zero-order chi connectivity index (χ0) is 17.0. The van der Waals surface area contributed by atoms with Gasteiger partial charge in [0.1, 0.15) is 6.61 Å². The van der Waals surface area contributed by atoms with E-state index in [0.717, 1.165) is 12.0 Å². The molecular weight excluding hydrogens is 300 g/mol. The lowest BCUT2D eigenvalue weighted by atomic mass is 9.75. The number of aliphatic hydroxyl groups is 1. The molecule has 3 rings (SSSR count). The number of benzene rings is 1. The van der Waals surface area contributed by atoms with Gasteiger partial charge in [0.25, 0.3) is 0 Å². The van der Waals surface area contributed by atoms with Gasteiger partial charge < -0.3 is 14.9 Å². The number of hydrogen-bond donors (Lipinski definition) is 2. The summed E-state index contributed by atoms with van der Waals surface area (Å²) in [7, 11) is 0. The fourth-order valence-corrected chi connectivity index (χ4v) is 4.13. The first-order valence-electron chi connectivity index (χ1n) is 9.08. The van der Waals surface area contributed by atoms with Crippen LogP contribution in [0.1, 0.15) is 56.9 Å². The van der Waals surface area contributed by atoms with Crippen LogP contribution in [0.25, 0.3) is 0 Å². The Morgan fingerprint density at radius 3 is 2.62 bits per heavy atom. The monoisotopic (exact) mass is 328 g/mol. The summed E-state index contributed by atoms with van der Waals surface area (Å²) in [5, 5.41) is 19.3. The number of aromatic hydroxyl groups is 1. The maximum Gasteiger partial charge on any atom is 0.161 e. The fourth-order valence-electron chi connectivity index (χ4n) is 4.13. The average molecular weight is 328 g/mol. The minimum Gasteiger partial charge on any atom is -0.513 e. The Morgan fingerprint density at radius 2 is 1.92 bits per heavy atom. The molecule has 1 fully saturated rings. The van der Waals surface area contributed by atoms with Crippen LogP contribution in [-0.2, 0) is 6.42 Å². The number of hydrogen-bond acceptors (Lipinski definition) is 3. The lowest BCUT2D eigenvalue weighted by molar-refractivity contribution is 0.292. The minimum atomic E-state index is 0.167. The van der Waals surface area contributed by atoms with Crippen LogP contribution in [0.3, 0.4) is 0 Å². The third kappa shape index (κ3) is 4.14. The average Bonchev–Trinajstić information content (AvgIpc) is 2.99. The van der Waals surface area contributed by atoms with Gasteiger partial charge in [-0.2, -0.15) is 0 Å². The van der Waals surface area contributed by atoms with Crippen molar-refractivity contribution in [3.8, 4) is 11.5 Å². The molecule has 0 saturated heterocycles. The lowest BCUT2D eigenvalue weighted by Gasteiger charge is -2.31. The highest BCUT2D eigenvalue weighted by atomic mass is 16.5. The third-order valence-corrected chi connectivity index (χ3v) is 5.42. The first-order chi connectivity index (χ1) is 11.6. The predicted octanol–water partition coefficient (Wildman–Crippen LogP) is 5.45. The summed E-state index contributed by atoms with van der Waals surface area (Å²) in [6, 6.07) is 5.47. The summed E-state index contributed by atoms with van der Waals surface area (Å²) in [6.07, 6.45) is 12.7. The molecule has 0 atom stereocenters. The van der Waals surface area contributed by atoms with Crippen LogP contribution < -0.4 is 4.74 Å². The number of phenols is 1. The summed E-state index contributed by atoms with van der Waals surface area (Å²) in [5.74, 6) is 0.872. The van der Waals surface area contributed by atoms with Crippen LogP contribution in [0.2, 0.25) is 0 Å². The van der Waals surface area contributed by atoms with E-state index in [1.807, 2.05) is 12.1 Å². The Morgan fingerprint density at radius 1 is 1.17 bits per heavy atom. The molecule has 2 aliphatic carbocycles. The SMILES string of the molecule is C=C(O)CCc1ccc(OCC2=CC3(CCCC3)CCC2)c(O)c1. The van der Waals surface area contributed by atoms with E-state index >= 15 is 0 Å². The normalized spacial score (nSPS) is 19.2. The number of allylic oxidation sites excluding steroid dienone is 2. The van der Waals surface area contributed by atoms with E-state index in [4.69, 9.17) is 9.84 Å². The molecule has 0 bridgehead atoms. The highest BCUT2D eigenvalue weighted by Crippen LogP contribution is 2.47. The van der Waals surface area contributed by atoms with Crippen LogP contribution in [0.5, 0.6) is 11.5 Å². The molecule has 2 aliphatic rings. The highest BCUT2D eigenvalue weighted by Gasteiger charge is 2.33. The van der Waals surface area contributed by atoms with Crippen molar-refractivity contribution in [2.75, 3.05) is 6.61 Å². The standard InChI is InChI=1S/C21H28O3/c1-16(22)6-7-17-8-9-20(19(23)13-17)24-15-18-5-4-12-21(14-18)10-2-3-11-21/h8-9,13-14,22-23H,1-7,10-12,15H2. The molecule has 130 valence electrons. The van der Waals surface area contributed by atoms with Gasteiger partial charge in [-0.25, -0.2) is 0 Å². The second-order valence-electron chi connectivity index (χ2n) is 7.38. The number of rotatable bonds is 6. The number of aryl methyl sites for hydroxylation is 1. The van der Waals surface area contributed by atoms with Gasteiger partial charge in [-0.15, -0.1) is 0 Å².